The van der Waals surface area contributed by atoms with Crippen molar-refractivity contribution in [2.24, 2.45) is 0 Å². The van der Waals surface area contributed by atoms with Crippen LogP contribution in [0, 0.1) is 0 Å². The first-order valence-corrected chi connectivity index (χ1v) is 2.69. The van der Waals surface area contributed by atoms with Crippen LogP contribution in [0.2, 0.25) is 0 Å². The number of nitrogens with zero attached hydrogens (tertiary/aromatic N) is 3. The van der Waals surface area contributed by atoms with Gasteiger partial charge in [-0.2, -0.15) is 0 Å². The van der Waals surface area contributed by atoms with E-state index in [0.717, 1.165) is 5.65 Å². The number of hydrogen-bond acceptors (Lipinski definition) is 2. The molecular formula is C6H6ClN3. The van der Waals surface area contributed by atoms with Gasteiger partial charge in [0.1, 0.15) is 18.3 Å². The molecule has 0 unspecified atom stereocenters. The Kier molecular flexibility index (Phi) is 1.87. The molecule has 2 heterocycles. The highest BCUT2D eigenvalue weighted by molar-refractivity contribution is 5.85. The van der Waals surface area contributed by atoms with Crippen LogP contribution in [0.1, 0.15) is 0 Å². The molecule has 10 heavy (non-hydrogen) atoms. The molecule has 0 N–H and O–H groups in total. The standard InChI is InChI=1S/C6H5N3.ClH/c1-2-6-8-4-7-5-9(6)3-1;/h1-5H;1H. The zero-order valence-electron chi connectivity index (χ0n) is 5.14. The second kappa shape index (κ2) is 2.66. The summed E-state index contributed by atoms with van der Waals surface area (Å²) in [6, 6.07) is 3.87. The van der Waals surface area contributed by atoms with Crippen molar-refractivity contribution >= 4 is 18.1 Å². The number of aromatic nitrogens is 3. The van der Waals surface area contributed by atoms with E-state index in [1.54, 1.807) is 6.33 Å². The van der Waals surface area contributed by atoms with Gasteiger partial charge in [0.25, 0.3) is 0 Å². The molecule has 2 aromatic heterocycles. The molecule has 0 amide bonds. The molecule has 0 aliphatic rings. The Balaban J connectivity index is 0.000000500. The fourth-order valence-electron chi connectivity index (χ4n) is 0.786. The minimum atomic E-state index is 0. The molecule has 4 heteroatoms. The van der Waals surface area contributed by atoms with Crippen LogP contribution in [-0.4, -0.2) is 14.4 Å². The van der Waals surface area contributed by atoms with Gasteiger partial charge >= 0.3 is 0 Å². The van der Waals surface area contributed by atoms with E-state index >= 15 is 0 Å². The summed E-state index contributed by atoms with van der Waals surface area (Å²) in [5.41, 5.74) is 0.935. The summed E-state index contributed by atoms with van der Waals surface area (Å²) in [6.45, 7) is 0. The van der Waals surface area contributed by atoms with Gasteiger partial charge in [-0.1, -0.05) is 0 Å². The predicted octanol–water partition coefficient (Wildman–Crippen LogP) is 1.15. The topological polar surface area (TPSA) is 30.2 Å². The van der Waals surface area contributed by atoms with Crippen molar-refractivity contribution in [1.82, 2.24) is 14.4 Å². The number of halogens is 1. The van der Waals surface area contributed by atoms with Crippen LogP contribution in [0.5, 0.6) is 0 Å². The molecule has 0 fully saturated rings. The van der Waals surface area contributed by atoms with Crippen molar-refractivity contribution in [1.29, 1.82) is 0 Å². The Bertz CT molecular complexity index is 287. The van der Waals surface area contributed by atoms with Gasteiger partial charge in [-0.3, -0.25) is 4.40 Å². The molecule has 0 saturated heterocycles. The zero-order valence-corrected chi connectivity index (χ0v) is 5.95. The van der Waals surface area contributed by atoms with Crippen LogP contribution in [0.3, 0.4) is 0 Å². The highest BCUT2D eigenvalue weighted by Gasteiger charge is 1.86. The maximum Gasteiger partial charge on any atom is 0.139 e. The normalized spacial score (nSPS) is 9.20. The molecule has 0 radical (unpaired) electrons. The van der Waals surface area contributed by atoms with E-state index in [4.69, 9.17) is 0 Å². The molecule has 0 bridgehead atoms. The van der Waals surface area contributed by atoms with E-state index in [-0.39, 0.29) is 12.4 Å². The minimum absolute atomic E-state index is 0. The SMILES string of the molecule is Cl.c1cc2ncncn2c1. The van der Waals surface area contributed by atoms with E-state index in [0.29, 0.717) is 0 Å². The van der Waals surface area contributed by atoms with Gasteiger partial charge < -0.3 is 0 Å². The predicted molar refractivity (Wildman–Crippen MR) is 40.2 cm³/mol. The van der Waals surface area contributed by atoms with Crippen molar-refractivity contribution in [2.45, 2.75) is 0 Å². The van der Waals surface area contributed by atoms with Crippen LogP contribution in [-0.2, 0) is 0 Å². The number of hydrogen-bond donors (Lipinski definition) is 0. The molecule has 0 aliphatic carbocycles. The lowest BCUT2D eigenvalue weighted by molar-refractivity contribution is 1.02. The zero-order chi connectivity index (χ0) is 6.10. The average molecular weight is 156 g/mol. The fourth-order valence-corrected chi connectivity index (χ4v) is 0.786. The molecule has 0 atom stereocenters. The van der Waals surface area contributed by atoms with Crippen LogP contribution in [0.4, 0.5) is 0 Å². The smallest absolute Gasteiger partial charge is 0.139 e. The second-order valence-electron chi connectivity index (χ2n) is 1.78. The highest BCUT2D eigenvalue weighted by atomic mass is 35.5. The number of fused-ring (bicyclic) bond motifs is 1. The van der Waals surface area contributed by atoms with Crippen molar-refractivity contribution < 1.29 is 0 Å². The third kappa shape index (κ3) is 0.953. The van der Waals surface area contributed by atoms with E-state index in [2.05, 4.69) is 9.97 Å². The van der Waals surface area contributed by atoms with E-state index in [9.17, 15) is 0 Å². The fraction of sp³-hybridized carbons (Fsp3) is 0. The molecule has 0 saturated carbocycles. The van der Waals surface area contributed by atoms with Gasteiger partial charge in [0.2, 0.25) is 0 Å². The largest absolute Gasteiger partial charge is 0.292 e. The summed E-state index contributed by atoms with van der Waals surface area (Å²) in [5.74, 6) is 0. The number of rotatable bonds is 0. The lowest BCUT2D eigenvalue weighted by atomic mass is 10.6. The van der Waals surface area contributed by atoms with Crippen molar-refractivity contribution in [3.63, 3.8) is 0 Å². The van der Waals surface area contributed by atoms with Gasteiger partial charge in [0, 0.05) is 6.20 Å². The molecular weight excluding hydrogens is 150 g/mol. The molecule has 0 aromatic carbocycles. The van der Waals surface area contributed by atoms with Gasteiger partial charge in [-0.15, -0.1) is 12.4 Å². The summed E-state index contributed by atoms with van der Waals surface area (Å²) >= 11 is 0. The van der Waals surface area contributed by atoms with Crippen molar-refractivity contribution in [3.05, 3.63) is 31.0 Å². The van der Waals surface area contributed by atoms with Gasteiger partial charge in [-0.25, -0.2) is 9.97 Å². The van der Waals surface area contributed by atoms with Gasteiger partial charge in [-0.05, 0) is 12.1 Å². The third-order valence-electron chi connectivity index (χ3n) is 1.20. The molecule has 0 spiro atoms. The summed E-state index contributed by atoms with van der Waals surface area (Å²) in [4.78, 5) is 7.83. The van der Waals surface area contributed by atoms with Crippen molar-refractivity contribution in [2.75, 3.05) is 0 Å². The van der Waals surface area contributed by atoms with Gasteiger partial charge in [0.15, 0.2) is 0 Å². The van der Waals surface area contributed by atoms with Crippen LogP contribution in [0.25, 0.3) is 5.65 Å². The first-order valence-electron chi connectivity index (χ1n) is 2.69. The van der Waals surface area contributed by atoms with Gasteiger partial charge in [0.05, 0.1) is 0 Å². The minimum Gasteiger partial charge on any atom is -0.292 e. The Hall–Kier alpha value is -1.09. The highest BCUT2D eigenvalue weighted by Crippen LogP contribution is 1.95. The lowest BCUT2D eigenvalue weighted by Crippen LogP contribution is -1.85. The molecule has 3 nitrogen and oxygen atoms in total. The third-order valence-corrected chi connectivity index (χ3v) is 1.20. The van der Waals surface area contributed by atoms with Crippen LogP contribution in [0.15, 0.2) is 31.0 Å². The molecule has 52 valence electrons. The summed E-state index contributed by atoms with van der Waals surface area (Å²) < 4.78 is 1.86. The molecule has 2 rings (SSSR count). The van der Waals surface area contributed by atoms with Crippen LogP contribution < -0.4 is 0 Å². The molecule has 2 aromatic rings. The van der Waals surface area contributed by atoms with E-state index in [1.807, 2.05) is 22.7 Å². The van der Waals surface area contributed by atoms with Crippen molar-refractivity contribution in [3.8, 4) is 0 Å². The maximum absolute atomic E-state index is 3.99. The molecule has 0 aliphatic heterocycles. The van der Waals surface area contributed by atoms with E-state index in [1.165, 1.54) is 6.33 Å². The second-order valence-corrected chi connectivity index (χ2v) is 1.78. The average Bonchev–Trinajstić information content (AvgIpc) is 2.33. The quantitative estimate of drug-likeness (QED) is 0.572. The summed E-state index contributed by atoms with van der Waals surface area (Å²) in [7, 11) is 0. The Morgan fingerprint density at radius 3 is 3.10 bits per heavy atom. The Labute approximate surface area is 64.1 Å². The summed E-state index contributed by atoms with van der Waals surface area (Å²) in [6.07, 6.45) is 5.17. The first kappa shape index (κ1) is 7.02. The first-order chi connectivity index (χ1) is 4.47. The maximum atomic E-state index is 3.99. The van der Waals surface area contributed by atoms with E-state index < -0.39 is 0 Å². The van der Waals surface area contributed by atoms with Crippen LogP contribution >= 0.6 is 12.4 Å². The summed E-state index contributed by atoms with van der Waals surface area (Å²) in [5, 5.41) is 0. The lowest BCUT2D eigenvalue weighted by Gasteiger charge is -1.86. The monoisotopic (exact) mass is 155 g/mol. The Morgan fingerprint density at radius 2 is 2.30 bits per heavy atom. The Morgan fingerprint density at radius 1 is 1.40 bits per heavy atom.